The number of hydrogen-bond acceptors (Lipinski definition) is 2. The Morgan fingerprint density at radius 3 is 2.93 bits per heavy atom. The minimum absolute atomic E-state index is 0.439. The SMILES string of the molecule is CCCCCC(NN)C1=CCCCCC1. The maximum Gasteiger partial charge on any atom is 0.0419 e. The van der Waals surface area contributed by atoms with Gasteiger partial charge in [0.1, 0.15) is 0 Å². The van der Waals surface area contributed by atoms with Crippen LogP contribution in [0, 0.1) is 0 Å². The third kappa shape index (κ3) is 4.80. The number of rotatable bonds is 6. The topological polar surface area (TPSA) is 38.0 Å². The molecule has 0 heterocycles. The Morgan fingerprint density at radius 2 is 2.20 bits per heavy atom. The van der Waals surface area contributed by atoms with Gasteiger partial charge in [-0.25, -0.2) is 0 Å². The van der Waals surface area contributed by atoms with Crippen LogP contribution in [0.1, 0.15) is 64.7 Å². The van der Waals surface area contributed by atoms with E-state index in [1.54, 1.807) is 5.57 Å². The fourth-order valence-corrected chi connectivity index (χ4v) is 2.33. The zero-order chi connectivity index (χ0) is 10.9. The van der Waals surface area contributed by atoms with Gasteiger partial charge in [-0.1, -0.05) is 44.3 Å². The number of hydrazine groups is 1. The normalized spacial score (nSPS) is 19.5. The first-order chi connectivity index (χ1) is 7.38. The zero-order valence-electron chi connectivity index (χ0n) is 10.1. The van der Waals surface area contributed by atoms with E-state index in [0.29, 0.717) is 6.04 Å². The van der Waals surface area contributed by atoms with Crippen LogP contribution in [0.25, 0.3) is 0 Å². The molecule has 15 heavy (non-hydrogen) atoms. The van der Waals surface area contributed by atoms with E-state index in [-0.39, 0.29) is 0 Å². The Morgan fingerprint density at radius 1 is 1.33 bits per heavy atom. The van der Waals surface area contributed by atoms with Crippen LogP contribution < -0.4 is 11.3 Å². The van der Waals surface area contributed by atoms with Gasteiger partial charge in [-0.15, -0.1) is 0 Å². The molecule has 0 amide bonds. The molecule has 0 saturated heterocycles. The number of nitrogens with two attached hydrogens (primary N) is 1. The largest absolute Gasteiger partial charge is 0.271 e. The minimum atomic E-state index is 0.439. The lowest BCUT2D eigenvalue weighted by molar-refractivity contribution is 0.503. The summed E-state index contributed by atoms with van der Waals surface area (Å²) in [5, 5.41) is 0. The third-order valence-corrected chi connectivity index (χ3v) is 3.32. The summed E-state index contributed by atoms with van der Waals surface area (Å²) in [6, 6.07) is 0.439. The first-order valence-corrected chi connectivity index (χ1v) is 6.53. The second-order valence-corrected chi connectivity index (χ2v) is 4.59. The third-order valence-electron chi connectivity index (χ3n) is 3.32. The predicted molar refractivity (Wildman–Crippen MR) is 66.4 cm³/mol. The molecule has 1 rings (SSSR count). The molecule has 2 heteroatoms. The molecule has 0 aromatic rings. The lowest BCUT2D eigenvalue weighted by Crippen LogP contribution is -2.36. The molecular weight excluding hydrogens is 184 g/mol. The first-order valence-electron chi connectivity index (χ1n) is 6.53. The van der Waals surface area contributed by atoms with Crippen molar-refractivity contribution in [1.29, 1.82) is 0 Å². The number of unbranched alkanes of at least 4 members (excludes halogenated alkanes) is 2. The summed E-state index contributed by atoms with van der Waals surface area (Å²) in [6.07, 6.45) is 14.1. The standard InChI is InChI=1S/C13H26N2/c1-2-3-6-11-13(15-14)12-9-7-4-5-8-10-12/h9,13,15H,2-8,10-11,14H2,1H3. The van der Waals surface area contributed by atoms with Gasteiger partial charge in [-0.05, 0) is 32.1 Å². The van der Waals surface area contributed by atoms with Crippen molar-refractivity contribution >= 4 is 0 Å². The highest BCUT2D eigenvalue weighted by atomic mass is 15.2. The quantitative estimate of drug-likeness (QED) is 0.305. The van der Waals surface area contributed by atoms with Crippen LogP contribution in [0.5, 0.6) is 0 Å². The van der Waals surface area contributed by atoms with Gasteiger partial charge in [0.15, 0.2) is 0 Å². The second kappa shape index (κ2) is 7.89. The average Bonchev–Trinajstić information content (AvgIpc) is 2.53. The highest BCUT2D eigenvalue weighted by molar-refractivity contribution is 5.11. The maximum absolute atomic E-state index is 5.65. The lowest BCUT2D eigenvalue weighted by atomic mass is 9.97. The summed E-state index contributed by atoms with van der Waals surface area (Å²) in [6.45, 7) is 2.25. The molecule has 0 saturated carbocycles. The molecule has 3 N–H and O–H groups in total. The van der Waals surface area contributed by atoms with Crippen molar-refractivity contribution in [3.63, 3.8) is 0 Å². The van der Waals surface area contributed by atoms with Crippen LogP contribution in [0.2, 0.25) is 0 Å². The predicted octanol–water partition coefficient (Wildman–Crippen LogP) is 3.29. The van der Waals surface area contributed by atoms with E-state index < -0.39 is 0 Å². The molecule has 0 radical (unpaired) electrons. The highest BCUT2D eigenvalue weighted by Gasteiger charge is 2.13. The van der Waals surface area contributed by atoms with Crippen molar-refractivity contribution in [3.8, 4) is 0 Å². The van der Waals surface area contributed by atoms with Crippen LogP contribution in [-0.4, -0.2) is 6.04 Å². The van der Waals surface area contributed by atoms with Gasteiger partial charge < -0.3 is 0 Å². The zero-order valence-corrected chi connectivity index (χ0v) is 10.1. The van der Waals surface area contributed by atoms with Crippen molar-refractivity contribution in [2.45, 2.75) is 70.8 Å². The van der Waals surface area contributed by atoms with Gasteiger partial charge in [0.2, 0.25) is 0 Å². The summed E-state index contributed by atoms with van der Waals surface area (Å²) >= 11 is 0. The molecule has 1 aliphatic carbocycles. The van der Waals surface area contributed by atoms with E-state index in [2.05, 4.69) is 18.4 Å². The summed E-state index contributed by atoms with van der Waals surface area (Å²) in [4.78, 5) is 0. The molecule has 1 aliphatic rings. The lowest BCUT2D eigenvalue weighted by Gasteiger charge is -2.19. The number of allylic oxidation sites excluding steroid dienone is 1. The molecule has 1 unspecified atom stereocenters. The average molecular weight is 210 g/mol. The molecule has 0 fully saturated rings. The highest BCUT2D eigenvalue weighted by Crippen LogP contribution is 2.22. The van der Waals surface area contributed by atoms with Crippen LogP contribution in [0.15, 0.2) is 11.6 Å². The summed E-state index contributed by atoms with van der Waals surface area (Å²) in [7, 11) is 0. The molecule has 0 spiro atoms. The fraction of sp³-hybridized carbons (Fsp3) is 0.846. The number of nitrogens with one attached hydrogen (secondary N) is 1. The van der Waals surface area contributed by atoms with Crippen LogP contribution >= 0.6 is 0 Å². The Labute approximate surface area is 94.3 Å². The van der Waals surface area contributed by atoms with Gasteiger partial charge in [0.05, 0.1) is 0 Å². The van der Waals surface area contributed by atoms with Crippen LogP contribution in [-0.2, 0) is 0 Å². The molecule has 0 aromatic heterocycles. The molecular formula is C13H26N2. The van der Waals surface area contributed by atoms with E-state index in [1.807, 2.05) is 0 Å². The van der Waals surface area contributed by atoms with E-state index in [4.69, 9.17) is 5.84 Å². The van der Waals surface area contributed by atoms with Gasteiger partial charge in [-0.3, -0.25) is 11.3 Å². The summed E-state index contributed by atoms with van der Waals surface area (Å²) < 4.78 is 0. The van der Waals surface area contributed by atoms with E-state index in [1.165, 1.54) is 57.8 Å². The van der Waals surface area contributed by atoms with Gasteiger partial charge in [-0.2, -0.15) is 0 Å². The smallest absolute Gasteiger partial charge is 0.0419 e. The van der Waals surface area contributed by atoms with E-state index >= 15 is 0 Å². The molecule has 0 aromatic carbocycles. The summed E-state index contributed by atoms with van der Waals surface area (Å²) in [5.74, 6) is 5.65. The van der Waals surface area contributed by atoms with Gasteiger partial charge in [0.25, 0.3) is 0 Å². The van der Waals surface area contributed by atoms with Gasteiger partial charge >= 0.3 is 0 Å². The van der Waals surface area contributed by atoms with Crippen molar-refractivity contribution in [1.82, 2.24) is 5.43 Å². The Bertz CT molecular complexity index is 187. The Balaban J connectivity index is 2.37. The van der Waals surface area contributed by atoms with E-state index in [9.17, 15) is 0 Å². The van der Waals surface area contributed by atoms with Gasteiger partial charge in [0, 0.05) is 6.04 Å². The van der Waals surface area contributed by atoms with Crippen molar-refractivity contribution in [2.75, 3.05) is 0 Å². The fourth-order valence-electron chi connectivity index (χ4n) is 2.33. The van der Waals surface area contributed by atoms with E-state index in [0.717, 1.165) is 0 Å². The number of hydrogen-bond donors (Lipinski definition) is 2. The minimum Gasteiger partial charge on any atom is -0.271 e. The molecule has 2 nitrogen and oxygen atoms in total. The van der Waals surface area contributed by atoms with Crippen molar-refractivity contribution in [2.24, 2.45) is 5.84 Å². The molecule has 0 bridgehead atoms. The first kappa shape index (κ1) is 12.7. The van der Waals surface area contributed by atoms with Crippen LogP contribution in [0.3, 0.4) is 0 Å². The molecule has 1 atom stereocenters. The van der Waals surface area contributed by atoms with Crippen molar-refractivity contribution < 1.29 is 0 Å². The summed E-state index contributed by atoms with van der Waals surface area (Å²) in [5.41, 5.74) is 4.55. The Kier molecular flexibility index (Phi) is 6.69. The maximum atomic E-state index is 5.65. The van der Waals surface area contributed by atoms with Crippen molar-refractivity contribution in [3.05, 3.63) is 11.6 Å². The molecule has 0 aliphatic heterocycles. The Hall–Kier alpha value is -0.340. The van der Waals surface area contributed by atoms with Crippen LogP contribution in [0.4, 0.5) is 0 Å². The second-order valence-electron chi connectivity index (χ2n) is 4.59. The molecule has 88 valence electrons. The monoisotopic (exact) mass is 210 g/mol.